The third kappa shape index (κ3) is 5.48. The van der Waals surface area contributed by atoms with Crippen LogP contribution in [0.25, 0.3) is 0 Å². The van der Waals surface area contributed by atoms with Crippen molar-refractivity contribution in [1.29, 1.82) is 0 Å². The third-order valence-corrected chi connectivity index (χ3v) is 6.07. The van der Waals surface area contributed by atoms with Crippen LogP contribution in [-0.4, -0.2) is 53.1 Å². The molecule has 1 aromatic heterocycles. The van der Waals surface area contributed by atoms with Crippen LogP contribution < -0.4 is 10.2 Å². The monoisotopic (exact) mass is 497 g/mol. The van der Waals surface area contributed by atoms with Gasteiger partial charge in [0, 0.05) is 31.9 Å². The second kappa shape index (κ2) is 10.3. The second-order valence-electron chi connectivity index (χ2n) is 8.80. The Kier molecular flexibility index (Phi) is 7.23. The summed E-state index contributed by atoms with van der Waals surface area (Å²) >= 11 is 0. The van der Waals surface area contributed by atoms with Gasteiger partial charge in [-0.3, -0.25) is 9.59 Å². The van der Waals surface area contributed by atoms with Crippen LogP contribution in [-0.2, 0) is 6.18 Å². The molecule has 188 valence electrons. The third-order valence-electron chi connectivity index (χ3n) is 6.07. The summed E-state index contributed by atoms with van der Waals surface area (Å²) in [6.07, 6.45) is -4.60. The first-order chi connectivity index (χ1) is 17.1. The van der Waals surface area contributed by atoms with E-state index in [2.05, 4.69) is 15.5 Å². The number of rotatable bonds is 5. The first kappa shape index (κ1) is 25.2. The minimum Gasteiger partial charge on any atom is -0.352 e. The van der Waals surface area contributed by atoms with Crippen molar-refractivity contribution in [2.24, 2.45) is 0 Å². The van der Waals surface area contributed by atoms with E-state index in [4.69, 9.17) is 0 Å². The van der Waals surface area contributed by atoms with Gasteiger partial charge in [-0.05, 0) is 41.8 Å². The molecule has 1 saturated heterocycles. The summed E-state index contributed by atoms with van der Waals surface area (Å²) in [7, 11) is 0. The number of halogens is 3. The Morgan fingerprint density at radius 2 is 1.56 bits per heavy atom. The lowest BCUT2D eigenvalue weighted by Crippen LogP contribution is -2.49. The number of para-hydroxylation sites is 1. The maximum absolute atomic E-state index is 13.3. The Balaban J connectivity index is 1.38. The zero-order valence-electron chi connectivity index (χ0n) is 19.9. The maximum atomic E-state index is 13.3. The molecule has 36 heavy (non-hydrogen) atoms. The summed E-state index contributed by atoms with van der Waals surface area (Å²) in [5.74, 6) is -0.261. The highest BCUT2D eigenvalue weighted by Gasteiger charge is 2.36. The molecule has 1 aliphatic rings. The van der Waals surface area contributed by atoms with Gasteiger partial charge in [-0.1, -0.05) is 44.2 Å². The summed E-state index contributed by atoms with van der Waals surface area (Å²) < 4.78 is 39.9. The van der Waals surface area contributed by atoms with Crippen molar-refractivity contribution in [2.45, 2.75) is 25.9 Å². The molecule has 0 saturated carbocycles. The lowest BCUT2D eigenvalue weighted by molar-refractivity contribution is -0.138. The van der Waals surface area contributed by atoms with E-state index in [0.717, 1.165) is 17.3 Å². The Morgan fingerprint density at radius 3 is 2.19 bits per heavy atom. The first-order valence-electron chi connectivity index (χ1n) is 11.6. The summed E-state index contributed by atoms with van der Waals surface area (Å²) in [4.78, 5) is 28.7. The fourth-order valence-corrected chi connectivity index (χ4v) is 4.14. The van der Waals surface area contributed by atoms with Gasteiger partial charge in [-0.2, -0.15) is 13.2 Å². The SMILES string of the molecule is CC(C)c1ccccc1NC(=O)c1ccc(N2CCN(C(=O)c3ccccc3C(F)(F)F)CC2)nn1. The summed E-state index contributed by atoms with van der Waals surface area (Å²) in [6, 6.07) is 15.6. The molecule has 0 bridgehead atoms. The van der Waals surface area contributed by atoms with Crippen molar-refractivity contribution in [3.8, 4) is 0 Å². The smallest absolute Gasteiger partial charge is 0.352 e. The summed E-state index contributed by atoms with van der Waals surface area (Å²) in [5.41, 5.74) is 0.604. The number of nitrogens with zero attached hydrogens (tertiary/aromatic N) is 4. The Hall–Kier alpha value is -3.95. The molecule has 1 fully saturated rings. The van der Waals surface area contributed by atoms with Gasteiger partial charge in [-0.25, -0.2) is 0 Å². The predicted molar refractivity (Wildman–Crippen MR) is 130 cm³/mol. The molecular formula is C26H26F3N5O2. The molecule has 0 unspecified atom stereocenters. The van der Waals surface area contributed by atoms with E-state index in [1.165, 1.54) is 23.1 Å². The van der Waals surface area contributed by atoms with Gasteiger partial charge in [0.15, 0.2) is 11.5 Å². The van der Waals surface area contributed by atoms with Crippen LogP contribution in [0.3, 0.4) is 0 Å². The van der Waals surface area contributed by atoms with Gasteiger partial charge >= 0.3 is 6.18 Å². The van der Waals surface area contributed by atoms with Crippen LogP contribution in [0.1, 0.15) is 51.7 Å². The van der Waals surface area contributed by atoms with Gasteiger partial charge < -0.3 is 15.1 Å². The van der Waals surface area contributed by atoms with Gasteiger partial charge in [0.25, 0.3) is 11.8 Å². The molecule has 0 atom stereocenters. The van der Waals surface area contributed by atoms with Crippen molar-refractivity contribution in [3.05, 3.63) is 83.0 Å². The normalized spacial score (nSPS) is 14.2. The minimum absolute atomic E-state index is 0.162. The number of amides is 2. The molecule has 2 amide bonds. The fourth-order valence-electron chi connectivity index (χ4n) is 4.14. The van der Waals surface area contributed by atoms with Crippen molar-refractivity contribution in [3.63, 3.8) is 0 Å². The molecule has 0 radical (unpaired) electrons. The quantitative estimate of drug-likeness (QED) is 0.546. The van der Waals surface area contributed by atoms with E-state index in [1.807, 2.05) is 43.0 Å². The molecule has 0 spiro atoms. The highest BCUT2D eigenvalue weighted by Crippen LogP contribution is 2.32. The maximum Gasteiger partial charge on any atom is 0.417 e. The number of aromatic nitrogens is 2. The molecule has 10 heteroatoms. The number of carbonyl (C=O) groups excluding carboxylic acids is 2. The zero-order chi connectivity index (χ0) is 25.9. The Morgan fingerprint density at radius 1 is 0.889 bits per heavy atom. The Labute approximate surface area is 206 Å². The average Bonchev–Trinajstić information content (AvgIpc) is 2.88. The highest BCUT2D eigenvalue weighted by molar-refractivity contribution is 6.03. The number of anilines is 2. The van der Waals surface area contributed by atoms with Gasteiger partial charge in [0.1, 0.15) is 0 Å². The number of piperazine rings is 1. The molecule has 0 aliphatic carbocycles. The van der Waals surface area contributed by atoms with Crippen molar-refractivity contribution < 1.29 is 22.8 Å². The topological polar surface area (TPSA) is 78.4 Å². The molecular weight excluding hydrogens is 471 g/mol. The van der Waals surface area contributed by atoms with E-state index in [-0.39, 0.29) is 36.2 Å². The summed E-state index contributed by atoms with van der Waals surface area (Å²) in [5, 5.41) is 11.1. The van der Waals surface area contributed by atoms with Crippen molar-refractivity contribution in [2.75, 3.05) is 36.4 Å². The van der Waals surface area contributed by atoms with Gasteiger partial charge in [0.2, 0.25) is 0 Å². The second-order valence-corrected chi connectivity index (χ2v) is 8.80. The van der Waals surface area contributed by atoms with Crippen LogP contribution in [0.2, 0.25) is 0 Å². The van der Waals surface area contributed by atoms with Gasteiger partial charge in [0.05, 0.1) is 11.1 Å². The van der Waals surface area contributed by atoms with E-state index in [9.17, 15) is 22.8 Å². The lowest BCUT2D eigenvalue weighted by Gasteiger charge is -2.35. The van der Waals surface area contributed by atoms with Crippen LogP contribution >= 0.6 is 0 Å². The average molecular weight is 498 g/mol. The van der Waals surface area contributed by atoms with E-state index < -0.39 is 17.6 Å². The van der Waals surface area contributed by atoms with Crippen LogP contribution in [0.4, 0.5) is 24.7 Å². The predicted octanol–water partition coefficient (Wildman–Crippen LogP) is 4.83. The highest BCUT2D eigenvalue weighted by atomic mass is 19.4. The molecule has 3 aromatic rings. The lowest BCUT2D eigenvalue weighted by atomic mass is 10.0. The first-order valence-corrected chi connectivity index (χ1v) is 11.6. The van der Waals surface area contributed by atoms with Gasteiger partial charge in [-0.15, -0.1) is 10.2 Å². The number of hydrogen-bond donors (Lipinski definition) is 1. The molecule has 2 aromatic carbocycles. The number of hydrogen-bond acceptors (Lipinski definition) is 5. The number of carbonyl (C=O) groups is 2. The Bertz CT molecular complexity index is 1240. The minimum atomic E-state index is -4.60. The molecule has 4 rings (SSSR count). The van der Waals surface area contributed by atoms with Crippen molar-refractivity contribution >= 4 is 23.3 Å². The standard InChI is InChI=1S/C26H26F3N5O2/c1-17(2)18-7-4-6-10-21(18)30-24(35)22-11-12-23(32-31-22)33-13-15-34(16-14-33)25(36)19-8-3-5-9-20(19)26(27,28)29/h3-12,17H,13-16H2,1-2H3,(H,30,35). The largest absolute Gasteiger partial charge is 0.417 e. The molecule has 1 aliphatic heterocycles. The van der Waals surface area contributed by atoms with Crippen LogP contribution in [0.5, 0.6) is 0 Å². The van der Waals surface area contributed by atoms with Crippen LogP contribution in [0, 0.1) is 0 Å². The van der Waals surface area contributed by atoms with E-state index in [0.29, 0.717) is 18.9 Å². The van der Waals surface area contributed by atoms with Crippen LogP contribution in [0.15, 0.2) is 60.7 Å². The summed E-state index contributed by atoms with van der Waals surface area (Å²) in [6.45, 7) is 5.32. The van der Waals surface area contributed by atoms with E-state index >= 15 is 0 Å². The number of benzene rings is 2. The number of alkyl halides is 3. The molecule has 1 N–H and O–H groups in total. The molecule has 2 heterocycles. The van der Waals surface area contributed by atoms with E-state index in [1.54, 1.807) is 12.1 Å². The zero-order valence-corrected chi connectivity index (χ0v) is 19.9. The molecule has 7 nitrogen and oxygen atoms in total. The fraction of sp³-hybridized carbons (Fsp3) is 0.308. The van der Waals surface area contributed by atoms with Crippen molar-refractivity contribution in [1.82, 2.24) is 15.1 Å². The number of nitrogens with one attached hydrogen (secondary N) is 1.